The van der Waals surface area contributed by atoms with Crippen LogP contribution in [0.25, 0.3) is 0 Å². The highest BCUT2D eigenvalue weighted by Crippen LogP contribution is 2.45. The smallest absolute Gasteiger partial charge is 0.389 e. The molecule has 1 aliphatic heterocycles. The van der Waals surface area contributed by atoms with Crippen LogP contribution in [0.2, 0.25) is 0 Å². The minimum absolute atomic E-state index is 0.0213. The SMILES string of the molecule is C[C@H](O)c1cccc(NC(=O)c2cnn3c2N[C@H](c2cccs2)C[C@@H]3C(F)(F)F)c1. The molecule has 3 heterocycles. The van der Waals surface area contributed by atoms with Crippen LogP contribution in [-0.4, -0.2) is 27.0 Å². The number of nitrogens with one attached hydrogen (secondary N) is 2. The minimum Gasteiger partial charge on any atom is -0.389 e. The van der Waals surface area contributed by atoms with Crippen molar-refractivity contribution in [1.82, 2.24) is 9.78 Å². The lowest BCUT2D eigenvalue weighted by Crippen LogP contribution is -2.36. The first-order valence-corrected chi connectivity index (χ1v) is 10.2. The lowest BCUT2D eigenvalue weighted by atomic mass is 10.0. The largest absolute Gasteiger partial charge is 0.410 e. The summed E-state index contributed by atoms with van der Waals surface area (Å²) in [4.78, 5) is 13.6. The number of benzene rings is 1. The Kier molecular flexibility index (Phi) is 5.29. The Morgan fingerprint density at radius 1 is 1.37 bits per heavy atom. The summed E-state index contributed by atoms with van der Waals surface area (Å²) in [6.45, 7) is 1.60. The van der Waals surface area contributed by atoms with Gasteiger partial charge >= 0.3 is 6.18 Å². The normalized spacial score (nSPS) is 19.6. The summed E-state index contributed by atoms with van der Waals surface area (Å²) in [7, 11) is 0. The van der Waals surface area contributed by atoms with Gasteiger partial charge in [0.15, 0.2) is 6.04 Å². The molecule has 10 heteroatoms. The molecule has 0 radical (unpaired) electrons. The van der Waals surface area contributed by atoms with Crippen LogP contribution in [0.1, 0.15) is 52.3 Å². The number of hydrogen-bond acceptors (Lipinski definition) is 5. The van der Waals surface area contributed by atoms with Crippen LogP contribution >= 0.6 is 11.3 Å². The van der Waals surface area contributed by atoms with E-state index in [9.17, 15) is 23.1 Å². The predicted octanol–water partition coefficient (Wildman–Crippen LogP) is 4.91. The zero-order valence-electron chi connectivity index (χ0n) is 15.8. The number of halogens is 3. The standard InChI is InChI=1S/C20H19F3N4O2S/c1-11(28)12-4-2-5-13(8-12)25-19(29)14-10-24-27-17(20(21,22)23)9-15(26-18(14)27)16-6-3-7-30-16/h2-8,10-11,15,17,26,28H,9H2,1H3,(H,25,29)/t11-,15-,17+/m0/s1. The highest BCUT2D eigenvalue weighted by Gasteiger charge is 2.47. The topological polar surface area (TPSA) is 79.2 Å². The summed E-state index contributed by atoms with van der Waals surface area (Å²) >= 11 is 1.36. The van der Waals surface area contributed by atoms with E-state index in [-0.39, 0.29) is 17.8 Å². The lowest BCUT2D eigenvalue weighted by Gasteiger charge is -2.33. The van der Waals surface area contributed by atoms with Gasteiger partial charge in [-0.05, 0) is 36.1 Å². The van der Waals surface area contributed by atoms with Gasteiger partial charge < -0.3 is 15.7 Å². The number of amides is 1. The van der Waals surface area contributed by atoms with Crippen LogP contribution in [0, 0.1) is 0 Å². The first kappa shape index (κ1) is 20.4. The molecule has 0 spiro atoms. The molecule has 0 saturated carbocycles. The van der Waals surface area contributed by atoms with Crippen LogP contribution in [0.3, 0.4) is 0 Å². The maximum atomic E-state index is 13.7. The van der Waals surface area contributed by atoms with Crippen molar-refractivity contribution in [3.63, 3.8) is 0 Å². The first-order valence-electron chi connectivity index (χ1n) is 9.27. The molecule has 4 rings (SSSR count). The molecule has 3 N–H and O–H groups in total. The number of carbonyl (C=O) groups excluding carboxylic acids is 1. The number of carbonyl (C=O) groups is 1. The second-order valence-corrected chi connectivity index (χ2v) is 8.09. The molecule has 1 aliphatic rings. The quantitative estimate of drug-likeness (QED) is 0.543. The van der Waals surface area contributed by atoms with Gasteiger partial charge in [0.1, 0.15) is 11.4 Å². The van der Waals surface area contributed by atoms with Gasteiger partial charge in [0.05, 0.1) is 18.3 Å². The highest BCUT2D eigenvalue weighted by atomic mass is 32.1. The van der Waals surface area contributed by atoms with Crippen LogP contribution < -0.4 is 10.6 Å². The van der Waals surface area contributed by atoms with Crippen molar-refractivity contribution in [3.8, 4) is 0 Å². The second-order valence-electron chi connectivity index (χ2n) is 7.11. The van der Waals surface area contributed by atoms with Gasteiger partial charge in [-0.1, -0.05) is 18.2 Å². The number of thiophene rings is 1. The molecule has 0 unspecified atom stereocenters. The van der Waals surface area contributed by atoms with E-state index in [1.807, 2.05) is 0 Å². The van der Waals surface area contributed by atoms with E-state index in [2.05, 4.69) is 15.7 Å². The first-order chi connectivity index (χ1) is 14.2. The van der Waals surface area contributed by atoms with Gasteiger partial charge in [0, 0.05) is 17.0 Å². The summed E-state index contributed by atoms with van der Waals surface area (Å²) in [6.07, 6.45) is -4.29. The fourth-order valence-corrected chi connectivity index (χ4v) is 4.27. The molecule has 158 valence electrons. The van der Waals surface area contributed by atoms with Crippen LogP contribution in [0.15, 0.2) is 48.0 Å². The summed E-state index contributed by atoms with van der Waals surface area (Å²) in [5, 5.41) is 21.1. The van der Waals surface area contributed by atoms with Crippen molar-refractivity contribution in [3.05, 3.63) is 64.0 Å². The Bertz CT molecular complexity index is 1050. The monoisotopic (exact) mass is 436 g/mol. The van der Waals surface area contributed by atoms with Gasteiger partial charge in [-0.3, -0.25) is 4.79 Å². The molecule has 1 aromatic carbocycles. The lowest BCUT2D eigenvalue weighted by molar-refractivity contribution is -0.173. The predicted molar refractivity (Wildman–Crippen MR) is 108 cm³/mol. The third-order valence-corrected chi connectivity index (χ3v) is 5.98. The van der Waals surface area contributed by atoms with Crippen LogP contribution in [0.4, 0.5) is 24.7 Å². The number of aliphatic hydroxyl groups excluding tert-OH is 1. The molecule has 0 bridgehead atoms. The van der Waals surface area contributed by atoms with Crippen LogP contribution in [0.5, 0.6) is 0 Å². The molecule has 3 atom stereocenters. The Hall–Kier alpha value is -2.85. The summed E-state index contributed by atoms with van der Waals surface area (Å²) in [5.74, 6) is -0.551. The van der Waals surface area contributed by atoms with E-state index in [1.54, 1.807) is 48.7 Å². The van der Waals surface area contributed by atoms with Crippen molar-refractivity contribution < 1.29 is 23.1 Å². The number of aliphatic hydroxyl groups is 1. The molecule has 6 nitrogen and oxygen atoms in total. The molecule has 0 aliphatic carbocycles. The maximum absolute atomic E-state index is 13.7. The molecule has 30 heavy (non-hydrogen) atoms. The number of alkyl halides is 3. The van der Waals surface area contributed by atoms with Crippen molar-refractivity contribution in [2.75, 3.05) is 10.6 Å². The summed E-state index contributed by atoms with van der Waals surface area (Å²) < 4.78 is 41.9. The van der Waals surface area contributed by atoms with Gasteiger partial charge in [-0.15, -0.1) is 11.3 Å². The number of hydrogen-bond donors (Lipinski definition) is 3. The molecular weight excluding hydrogens is 417 g/mol. The molecule has 3 aromatic rings. The van der Waals surface area contributed by atoms with Gasteiger partial charge in [0.25, 0.3) is 5.91 Å². The van der Waals surface area contributed by atoms with Gasteiger partial charge in [-0.2, -0.15) is 18.3 Å². The second kappa shape index (κ2) is 7.77. The average molecular weight is 436 g/mol. The van der Waals surface area contributed by atoms with Crippen molar-refractivity contribution in [1.29, 1.82) is 0 Å². The number of rotatable bonds is 4. The van der Waals surface area contributed by atoms with E-state index in [0.717, 1.165) is 15.8 Å². The number of fused-ring (bicyclic) bond motifs is 1. The number of nitrogens with zero attached hydrogens (tertiary/aromatic N) is 2. The molecular formula is C20H19F3N4O2S. The molecule has 2 aromatic heterocycles. The van der Waals surface area contributed by atoms with Crippen molar-refractivity contribution in [2.45, 2.75) is 37.7 Å². The van der Waals surface area contributed by atoms with E-state index in [4.69, 9.17) is 0 Å². The fraction of sp³-hybridized carbons (Fsp3) is 0.300. The number of aromatic nitrogens is 2. The zero-order valence-corrected chi connectivity index (χ0v) is 16.7. The summed E-state index contributed by atoms with van der Waals surface area (Å²) in [5.41, 5.74) is 1.06. The zero-order chi connectivity index (χ0) is 21.5. The van der Waals surface area contributed by atoms with Crippen LogP contribution in [-0.2, 0) is 0 Å². The van der Waals surface area contributed by atoms with E-state index in [0.29, 0.717) is 11.3 Å². The summed E-state index contributed by atoms with van der Waals surface area (Å²) in [6, 6.07) is 7.77. The number of anilines is 2. The van der Waals surface area contributed by atoms with Gasteiger partial charge in [0.2, 0.25) is 0 Å². The van der Waals surface area contributed by atoms with Crippen molar-refractivity contribution >= 4 is 28.7 Å². The fourth-order valence-electron chi connectivity index (χ4n) is 3.48. The van der Waals surface area contributed by atoms with Crippen molar-refractivity contribution in [2.24, 2.45) is 0 Å². The third-order valence-electron chi connectivity index (χ3n) is 5.00. The maximum Gasteiger partial charge on any atom is 0.410 e. The third kappa shape index (κ3) is 3.92. The molecule has 0 fully saturated rings. The Labute approximate surface area is 174 Å². The Morgan fingerprint density at radius 2 is 2.17 bits per heavy atom. The molecule has 1 amide bonds. The highest BCUT2D eigenvalue weighted by molar-refractivity contribution is 7.10. The van der Waals surface area contributed by atoms with E-state index < -0.39 is 30.3 Å². The minimum atomic E-state index is -4.50. The average Bonchev–Trinajstić information content (AvgIpc) is 3.36. The molecule has 0 saturated heterocycles. The van der Waals surface area contributed by atoms with E-state index >= 15 is 0 Å². The van der Waals surface area contributed by atoms with E-state index in [1.165, 1.54) is 11.3 Å². The Balaban J connectivity index is 1.66. The Morgan fingerprint density at radius 3 is 2.83 bits per heavy atom. The van der Waals surface area contributed by atoms with Gasteiger partial charge in [-0.25, -0.2) is 4.68 Å².